The van der Waals surface area contributed by atoms with Gasteiger partial charge in [-0.25, -0.2) is 4.98 Å². The van der Waals surface area contributed by atoms with Gasteiger partial charge in [-0.05, 0) is 41.5 Å². The van der Waals surface area contributed by atoms with Crippen molar-refractivity contribution in [2.75, 3.05) is 18.0 Å². The standard InChI is InChI=1S/C11H11ClF3IN2/c12-10-5-9(8(16)6-17-10)18-3-1-7(2-4-18)11(13,14)15/h5-7H,1-4H2. The Morgan fingerprint density at radius 2 is 1.94 bits per heavy atom. The van der Waals surface area contributed by atoms with Crippen LogP contribution in [-0.2, 0) is 0 Å². The van der Waals surface area contributed by atoms with Crippen LogP contribution in [0, 0.1) is 9.49 Å². The largest absolute Gasteiger partial charge is 0.391 e. The van der Waals surface area contributed by atoms with E-state index in [9.17, 15) is 13.2 Å². The molecule has 2 rings (SSSR count). The Labute approximate surface area is 122 Å². The predicted octanol–water partition coefficient (Wildman–Crippen LogP) is 4.12. The van der Waals surface area contributed by atoms with Crippen LogP contribution in [0.5, 0.6) is 0 Å². The maximum absolute atomic E-state index is 12.6. The van der Waals surface area contributed by atoms with E-state index in [2.05, 4.69) is 27.6 Å². The van der Waals surface area contributed by atoms with Crippen LogP contribution in [0.2, 0.25) is 5.15 Å². The lowest BCUT2D eigenvalue weighted by Gasteiger charge is -2.34. The zero-order valence-corrected chi connectivity index (χ0v) is 12.3. The van der Waals surface area contributed by atoms with Gasteiger partial charge < -0.3 is 4.90 Å². The highest BCUT2D eigenvalue weighted by molar-refractivity contribution is 14.1. The zero-order chi connectivity index (χ0) is 13.3. The van der Waals surface area contributed by atoms with Crippen LogP contribution < -0.4 is 4.90 Å². The lowest BCUT2D eigenvalue weighted by atomic mass is 9.96. The van der Waals surface area contributed by atoms with E-state index in [-0.39, 0.29) is 12.8 Å². The molecule has 0 spiro atoms. The van der Waals surface area contributed by atoms with Gasteiger partial charge in [0.2, 0.25) is 0 Å². The number of piperidine rings is 1. The predicted molar refractivity (Wildman–Crippen MR) is 73.0 cm³/mol. The fourth-order valence-corrected chi connectivity index (χ4v) is 2.88. The first kappa shape index (κ1) is 14.2. The Kier molecular flexibility index (Phi) is 4.25. The van der Waals surface area contributed by atoms with Gasteiger partial charge in [0.05, 0.1) is 15.2 Å². The smallest absolute Gasteiger partial charge is 0.371 e. The van der Waals surface area contributed by atoms with E-state index in [1.165, 1.54) is 0 Å². The molecule has 0 unspecified atom stereocenters. The second-order valence-corrected chi connectivity index (χ2v) is 5.81. The summed E-state index contributed by atoms with van der Waals surface area (Å²) in [6.45, 7) is 0.807. The summed E-state index contributed by atoms with van der Waals surface area (Å²) in [6, 6.07) is 1.71. The first-order valence-corrected chi connectivity index (χ1v) is 6.96. The molecule has 2 nitrogen and oxygen atoms in total. The number of anilines is 1. The van der Waals surface area contributed by atoms with Crippen LogP contribution in [0.15, 0.2) is 12.3 Å². The third-order valence-corrected chi connectivity index (χ3v) is 4.14. The summed E-state index contributed by atoms with van der Waals surface area (Å²) < 4.78 is 38.6. The van der Waals surface area contributed by atoms with Crippen LogP contribution >= 0.6 is 34.2 Å². The van der Waals surface area contributed by atoms with Gasteiger partial charge in [0.1, 0.15) is 5.15 Å². The van der Waals surface area contributed by atoms with E-state index in [4.69, 9.17) is 11.6 Å². The summed E-state index contributed by atoms with van der Waals surface area (Å²) in [5.74, 6) is -1.18. The molecule has 2 heterocycles. The summed E-state index contributed by atoms with van der Waals surface area (Å²) in [5, 5.41) is 0.364. The molecule has 100 valence electrons. The van der Waals surface area contributed by atoms with Crippen molar-refractivity contribution in [2.24, 2.45) is 5.92 Å². The summed E-state index contributed by atoms with van der Waals surface area (Å²) in [5.41, 5.74) is 0.872. The van der Waals surface area contributed by atoms with Gasteiger partial charge in [0.25, 0.3) is 0 Å². The SMILES string of the molecule is FC(F)(F)C1CCN(c2cc(Cl)ncc2I)CC1. The maximum Gasteiger partial charge on any atom is 0.391 e. The summed E-state index contributed by atoms with van der Waals surface area (Å²) in [4.78, 5) is 5.88. The number of hydrogen-bond donors (Lipinski definition) is 0. The molecule has 1 saturated heterocycles. The van der Waals surface area contributed by atoms with Crippen molar-refractivity contribution in [3.8, 4) is 0 Å². The molecule has 0 aliphatic carbocycles. The monoisotopic (exact) mass is 390 g/mol. The Balaban J connectivity index is 2.08. The van der Waals surface area contributed by atoms with Gasteiger partial charge in [0, 0.05) is 19.3 Å². The molecule has 1 aromatic heterocycles. The molecule has 0 saturated carbocycles. The number of nitrogens with zero attached hydrogens (tertiary/aromatic N) is 2. The molecule has 7 heteroatoms. The number of halogens is 5. The lowest BCUT2D eigenvalue weighted by molar-refractivity contribution is -0.179. The van der Waals surface area contributed by atoms with Crippen molar-refractivity contribution in [1.29, 1.82) is 0 Å². The third kappa shape index (κ3) is 3.20. The molecule has 0 aromatic carbocycles. The molecule has 0 radical (unpaired) electrons. The quantitative estimate of drug-likeness (QED) is 0.530. The van der Waals surface area contributed by atoms with Gasteiger partial charge >= 0.3 is 6.18 Å². The average Bonchev–Trinajstić information content (AvgIpc) is 2.31. The second-order valence-electron chi connectivity index (χ2n) is 4.26. The van der Waals surface area contributed by atoms with Gasteiger partial charge in [-0.2, -0.15) is 13.2 Å². The highest BCUT2D eigenvalue weighted by Crippen LogP contribution is 2.36. The zero-order valence-electron chi connectivity index (χ0n) is 9.34. The van der Waals surface area contributed by atoms with Gasteiger partial charge in [-0.1, -0.05) is 11.6 Å². The van der Waals surface area contributed by atoms with Crippen molar-refractivity contribution in [1.82, 2.24) is 4.98 Å². The normalized spacial score (nSPS) is 18.2. The molecule has 1 aromatic rings. The Hall–Kier alpha value is -0.240. The molecule has 1 aliphatic heterocycles. The summed E-state index contributed by atoms with van der Waals surface area (Å²) in [6.07, 6.45) is -2.16. The van der Waals surface area contributed by atoms with Crippen LogP contribution in [0.25, 0.3) is 0 Å². The topological polar surface area (TPSA) is 16.1 Å². The second kappa shape index (κ2) is 5.40. The van der Waals surface area contributed by atoms with E-state index >= 15 is 0 Å². The van der Waals surface area contributed by atoms with Gasteiger partial charge in [-0.15, -0.1) is 0 Å². The number of aromatic nitrogens is 1. The van der Waals surface area contributed by atoms with Crippen molar-refractivity contribution >= 4 is 39.9 Å². The first-order chi connectivity index (χ1) is 8.38. The Morgan fingerprint density at radius 1 is 1.33 bits per heavy atom. The molecule has 0 atom stereocenters. The highest BCUT2D eigenvalue weighted by atomic mass is 127. The Morgan fingerprint density at radius 3 is 2.50 bits per heavy atom. The average molecular weight is 391 g/mol. The van der Waals surface area contributed by atoms with Crippen LogP contribution in [-0.4, -0.2) is 24.2 Å². The van der Waals surface area contributed by atoms with Gasteiger partial charge in [0.15, 0.2) is 0 Å². The fraction of sp³-hybridized carbons (Fsp3) is 0.545. The molecular weight excluding hydrogens is 379 g/mol. The van der Waals surface area contributed by atoms with E-state index in [1.54, 1.807) is 12.3 Å². The number of pyridine rings is 1. The molecule has 1 aliphatic rings. The number of alkyl halides is 3. The van der Waals surface area contributed by atoms with Crippen molar-refractivity contribution < 1.29 is 13.2 Å². The molecule has 0 N–H and O–H groups in total. The maximum atomic E-state index is 12.6. The lowest BCUT2D eigenvalue weighted by Crippen LogP contribution is -2.39. The van der Waals surface area contributed by atoms with Gasteiger partial charge in [-0.3, -0.25) is 0 Å². The molecule has 1 fully saturated rings. The molecular formula is C11H11ClF3IN2. The van der Waals surface area contributed by atoms with Crippen molar-refractivity contribution in [3.63, 3.8) is 0 Å². The minimum Gasteiger partial charge on any atom is -0.371 e. The summed E-state index contributed by atoms with van der Waals surface area (Å²) in [7, 11) is 0. The number of rotatable bonds is 1. The fourth-order valence-electron chi connectivity index (χ4n) is 2.09. The van der Waals surface area contributed by atoms with Crippen LogP contribution in [0.3, 0.4) is 0 Å². The highest BCUT2D eigenvalue weighted by Gasteiger charge is 2.41. The Bertz CT molecular complexity index is 431. The van der Waals surface area contributed by atoms with E-state index < -0.39 is 12.1 Å². The van der Waals surface area contributed by atoms with Crippen molar-refractivity contribution in [2.45, 2.75) is 19.0 Å². The molecule has 0 amide bonds. The third-order valence-electron chi connectivity index (χ3n) is 3.10. The summed E-state index contributed by atoms with van der Waals surface area (Å²) >= 11 is 7.93. The minimum absolute atomic E-state index is 0.138. The number of hydrogen-bond acceptors (Lipinski definition) is 2. The van der Waals surface area contributed by atoms with Crippen LogP contribution in [0.4, 0.5) is 18.9 Å². The molecule has 18 heavy (non-hydrogen) atoms. The molecule has 0 bridgehead atoms. The van der Waals surface area contributed by atoms with E-state index in [0.29, 0.717) is 18.2 Å². The van der Waals surface area contributed by atoms with E-state index in [0.717, 1.165) is 9.26 Å². The van der Waals surface area contributed by atoms with E-state index in [1.807, 2.05) is 4.90 Å². The first-order valence-electron chi connectivity index (χ1n) is 5.50. The van der Waals surface area contributed by atoms with Crippen LogP contribution in [0.1, 0.15) is 12.8 Å². The van der Waals surface area contributed by atoms with Crippen molar-refractivity contribution in [3.05, 3.63) is 21.0 Å². The minimum atomic E-state index is -4.07.